The summed E-state index contributed by atoms with van der Waals surface area (Å²) in [6.45, 7) is 5.10. The predicted octanol–water partition coefficient (Wildman–Crippen LogP) is 4.31. The number of hydrogen-bond acceptors (Lipinski definition) is 6. The lowest BCUT2D eigenvalue weighted by atomic mass is 10.1. The zero-order chi connectivity index (χ0) is 23.5. The van der Waals surface area contributed by atoms with Crippen LogP contribution in [0, 0.1) is 0 Å². The van der Waals surface area contributed by atoms with Crippen molar-refractivity contribution < 1.29 is 27.8 Å². The molecule has 0 radical (unpaired) electrons. The molecule has 0 aliphatic heterocycles. The molecule has 1 saturated carbocycles. The zero-order valence-electron chi connectivity index (χ0n) is 17.8. The molecule has 1 atom stereocenters. The second-order valence-electron chi connectivity index (χ2n) is 8.23. The Kier molecular flexibility index (Phi) is 7.17. The number of carbonyl (C=O) groups excluding carboxylic acids is 2. The normalized spacial score (nSPS) is 14.7. The van der Waals surface area contributed by atoms with Crippen molar-refractivity contribution in [1.82, 2.24) is 25.4 Å². The summed E-state index contributed by atoms with van der Waals surface area (Å²) in [7, 11) is 0. The summed E-state index contributed by atoms with van der Waals surface area (Å²) in [6.07, 6.45) is -1.66. The molecule has 0 saturated heterocycles. The Morgan fingerprint density at radius 3 is 2.62 bits per heavy atom. The van der Waals surface area contributed by atoms with Gasteiger partial charge in [0, 0.05) is 6.54 Å². The van der Waals surface area contributed by atoms with E-state index in [-0.39, 0.29) is 23.4 Å². The number of carbonyl (C=O) groups is 2. The number of aromatic nitrogens is 3. The van der Waals surface area contributed by atoms with Crippen LogP contribution in [0.4, 0.5) is 18.4 Å². The van der Waals surface area contributed by atoms with E-state index in [0.717, 1.165) is 23.9 Å². The molecular weight excluding hydrogens is 448 g/mol. The second kappa shape index (κ2) is 9.68. The number of alkyl halides is 2. The summed E-state index contributed by atoms with van der Waals surface area (Å²) >= 11 is 6.22. The topological polar surface area (TPSA) is 107 Å². The summed E-state index contributed by atoms with van der Waals surface area (Å²) in [5, 5.41) is 9.26. The van der Waals surface area contributed by atoms with Crippen LogP contribution < -0.4 is 10.6 Å². The van der Waals surface area contributed by atoms with E-state index >= 15 is 0 Å². The number of amides is 2. The van der Waals surface area contributed by atoms with Gasteiger partial charge in [0.1, 0.15) is 18.0 Å². The lowest BCUT2D eigenvalue weighted by Gasteiger charge is -2.24. The number of nitrogens with zero attached hydrogens (tertiary/aromatic N) is 3. The summed E-state index contributed by atoms with van der Waals surface area (Å²) in [5.41, 5.74) is -0.128. The van der Waals surface area contributed by atoms with Crippen LogP contribution >= 0.6 is 11.6 Å². The van der Waals surface area contributed by atoms with Gasteiger partial charge in [-0.25, -0.2) is 28.0 Å². The molecule has 1 unspecified atom stereocenters. The molecule has 12 heteroatoms. The lowest BCUT2D eigenvalue weighted by Crippen LogP contribution is -2.40. The SMILES string of the molecule is CC(C)(C)OC(=O)NC(CNC(=O)OC1CC1)c1ccc(Cl)c(-n2ncnc2C(F)F)c1. The van der Waals surface area contributed by atoms with Crippen molar-refractivity contribution in [3.63, 3.8) is 0 Å². The quantitative estimate of drug-likeness (QED) is 0.623. The number of alkyl carbamates (subject to hydrolysis) is 2. The first-order valence-corrected chi connectivity index (χ1v) is 10.3. The standard InChI is InChI=1S/C20H24ClF2N5O4/c1-20(2,3)32-19(30)27-14(9-24-18(29)31-12-5-6-12)11-4-7-13(21)15(8-11)28-17(16(22)23)25-10-26-28/h4,7-8,10,12,14,16H,5-6,9H2,1-3H3,(H,24,29)(H,27,30). The van der Waals surface area contributed by atoms with Gasteiger partial charge in [0.15, 0.2) is 5.82 Å². The van der Waals surface area contributed by atoms with Crippen LogP contribution in [-0.4, -0.2) is 45.2 Å². The van der Waals surface area contributed by atoms with Gasteiger partial charge < -0.3 is 20.1 Å². The number of rotatable bonds is 7. The lowest BCUT2D eigenvalue weighted by molar-refractivity contribution is 0.0501. The molecule has 2 amide bonds. The fourth-order valence-electron chi connectivity index (χ4n) is 2.76. The third-order valence-electron chi connectivity index (χ3n) is 4.31. The maximum absolute atomic E-state index is 13.3. The van der Waals surface area contributed by atoms with E-state index in [4.69, 9.17) is 21.1 Å². The molecule has 0 spiro atoms. The minimum Gasteiger partial charge on any atom is -0.446 e. The molecule has 1 aromatic heterocycles. The molecule has 2 aromatic rings. The maximum Gasteiger partial charge on any atom is 0.408 e. The van der Waals surface area contributed by atoms with E-state index in [2.05, 4.69) is 20.7 Å². The highest BCUT2D eigenvalue weighted by molar-refractivity contribution is 6.32. The van der Waals surface area contributed by atoms with Crippen molar-refractivity contribution in [1.29, 1.82) is 0 Å². The summed E-state index contributed by atoms with van der Waals surface area (Å²) < 4.78 is 38.0. The average Bonchev–Trinajstić information content (AvgIpc) is 3.35. The highest BCUT2D eigenvalue weighted by Crippen LogP contribution is 2.28. The zero-order valence-corrected chi connectivity index (χ0v) is 18.5. The van der Waals surface area contributed by atoms with Crippen LogP contribution in [0.3, 0.4) is 0 Å². The second-order valence-corrected chi connectivity index (χ2v) is 8.63. The van der Waals surface area contributed by atoms with E-state index in [9.17, 15) is 18.4 Å². The summed E-state index contributed by atoms with van der Waals surface area (Å²) in [6, 6.07) is 3.79. The Labute approximate surface area is 188 Å². The van der Waals surface area contributed by atoms with Gasteiger partial charge in [-0.1, -0.05) is 17.7 Å². The molecule has 1 aromatic carbocycles. The van der Waals surface area contributed by atoms with E-state index in [0.29, 0.717) is 5.56 Å². The molecule has 0 bridgehead atoms. The van der Waals surface area contributed by atoms with Crippen LogP contribution in [0.2, 0.25) is 5.02 Å². The van der Waals surface area contributed by atoms with Gasteiger partial charge in [-0.2, -0.15) is 5.10 Å². The number of ether oxygens (including phenoxy) is 2. The van der Waals surface area contributed by atoms with Crippen LogP contribution in [0.5, 0.6) is 0 Å². The summed E-state index contributed by atoms with van der Waals surface area (Å²) in [5.74, 6) is -0.577. The van der Waals surface area contributed by atoms with Gasteiger partial charge in [0.2, 0.25) is 0 Å². The van der Waals surface area contributed by atoms with Gasteiger partial charge in [0.25, 0.3) is 6.43 Å². The fourth-order valence-corrected chi connectivity index (χ4v) is 2.96. The minimum absolute atomic E-state index is 0.0368. The highest BCUT2D eigenvalue weighted by atomic mass is 35.5. The molecule has 1 aliphatic carbocycles. The molecule has 2 N–H and O–H groups in total. The number of benzene rings is 1. The van der Waals surface area contributed by atoms with Crippen molar-refractivity contribution >= 4 is 23.8 Å². The van der Waals surface area contributed by atoms with Crippen LogP contribution in [-0.2, 0) is 9.47 Å². The fraction of sp³-hybridized carbons (Fsp3) is 0.500. The molecule has 3 rings (SSSR count). The Morgan fingerprint density at radius 1 is 1.28 bits per heavy atom. The molecule has 1 heterocycles. The van der Waals surface area contributed by atoms with Crippen LogP contribution in [0.15, 0.2) is 24.5 Å². The molecular formula is C20H24ClF2N5O4. The Morgan fingerprint density at radius 2 is 2.00 bits per heavy atom. The van der Waals surface area contributed by atoms with Crippen molar-refractivity contribution in [3.8, 4) is 5.69 Å². The Hall–Kier alpha value is -2.95. The third-order valence-corrected chi connectivity index (χ3v) is 4.63. The first kappa shape index (κ1) is 23.7. The number of halogens is 3. The van der Waals surface area contributed by atoms with Crippen molar-refractivity contribution in [3.05, 3.63) is 40.9 Å². The summed E-state index contributed by atoms with van der Waals surface area (Å²) in [4.78, 5) is 27.9. The van der Waals surface area contributed by atoms with E-state index < -0.39 is 36.1 Å². The predicted molar refractivity (Wildman–Crippen MR) is 111 cm³/mol. The highest BCUT2D eigenvalue weighted by Gasteiger charge is 2.27. The maximum atomic E-state index is 13.3. The van der Waals surface area contributed by atoms with E-state index in [1.807, 2.05) is 0 Å². The van der Waals surface area contributed by atoms with Gasteiger partial charge in [0.05, 0.1) is 16.8 Å². The third kappa shape index (κ3) is 6.52. The first-order chi connectivity index (χ1) is 15.0. The monoisotopic (exact) mass is 471 g/mol. The smallest absolute Gasteiger partial charge is 0.408 e. The van der Waals surface area contributed by atoms with Gasteiger partial charge in [-0.15, -0.1) is 0 Å². The van der Waals surface area contributed by atoms with Gasteiger partial charge in [-0.3, -0.25) is 0 Å². The van der Waals surface area contributed by atoms with Crippen LogP contribution in [0.25, 0.3) is 5.69 Å². The molecule has 32 heavy (non-hydrogen) atoms. The molecule has 9 nitrogen and oxygen atoms in total. The minimum atomic E-state index is -2.87. The Balaban J connectivity index is 1.85. The number of hydrogen-bond donors (Lipinski definition) is 2. The van der Waals surface area contributed by atoms with Crippen LogP contribution in [0.1, 0.15) is 57.5 Å². The van der Waals surface area contributed by atoms with E-state index in [1.165, 1.54) is 12.1 Å². The van der Waals surface area contributed by atoms with Crippen molar-refractivity contribution in [2.24, 2.45) is 0 Å². The molecule has 174 valence electrons. The largest absolute Gasteiger partial charge is 0.446 e. The average molecular weight is 472 g/mol. The van der Waals surface area contributed by atoms with E-state index in [1.54, 1.807) is 26.8 Å². The number of nitrogens with one attached hydrogen (secondary N) is 2. The first-order valence-electron chi connectivity index (χ1n) is 9.95. The van der Waals surface area contributed by atoms with Gasteiger partial charge in [-0.05, 0) is 51.3 Å². The van der Waals surface area contributed by atoms with Gasteiger partial charge >= 0.3 is 12.2 Å². The van der Waals surface area contributed by atoms with Crippen molar-refractivity contribution in [2.45, 2.75) is 57.8 Å². The molecule has 1 aliphatic rings. The molecule has 1 fully saturated rings. The van der Waals surface area contributed by atoms with Crippen molar-refractivity contribution in [2.75, 3.05) is 6.54 Å². The Bertz CT molecular complexity index is 975.